The lowest BCUT2D eigenvalue weighted by Gasteiger charge is -2.24. The lowest BCUT2D eigenvalue weighted by atomic mass is 9.99. The Hall–Kier alpha value is -1.58. The van der Waals surface area contributed by atoms with Gasteiger partial charge in [0.1, 0.15) is 0 Å². The van der Waals surface area contributed by atoms with Crippen molar-refractivity contribution in [3.05, 3.63) is 32.9 Å². The summed E-state index contributed by atoms with van der Waals surface area (Å²) in [5, 5.41) is 11.1. The van der Waals surface area contributed by atoms with Crippen molar-refractivity contribution in [2.24, 2.45) is 0 Å². The van der Waals surface area contributed by atoms with Crippen LogP contribution in [0.1, 0.15) is 37.0 Å². The van der Waals surface area contributed by atoms with Crippen molar-refractivity contribution in [2.45, 2.75) is 46.6 Å². The predicted molar refractivity (Wildman–Crippen MR) is 73.4 cm³/mol. The van der Waals surface area contributed by atoms with Crippen LogP contribution in [0.4, 0.5) is 11.4 Å². The van der Waals surface area contributed by atoms with Gasteiger partial charge in [0, 0.05) is 29.4 Å². The van der Waals surface area contributed by atoms with Crippen LogP contribution in [-0.4, -0.2) is 17.5 Å². The van der Waals surface area contributed by atoms with Gasteiger partial charge < -0.3 is 4.90 Å². The summed E-state index contributed by atoms with van der Waals surface area (Å²) in [7, 11) is 0. The molecule has 98 valence electrons. The summed E-state index contributed by atoms with van der Waals surface area (Å²) >= 11 is 0. The maximum atomic E-state index is 11.1. The van der Waals surface area contributed by atoms with E-state index in [4.69, 9.17) is 0 Å². The second-order valence-corrected chi connectivity index (χ2v) is 5.17. The standard InChI is InChI=1S/C14H20N2O2/c1-5-6-15-10(3)8-12-11(4)14(16(17)18)9(2)7-13(12)15/h7,10H,5-6,8H2,1-4H3. The van der Waals surface area contributed by atoms with Crippen LogP contribution in [-0.2, 0) is 6.42 Å². The van der Waals surface area contributed by atoms with Crippen LogP contribution in [0, 0.1) is 24.0 Å². The number of rotatable bonds is 3. The number of aryl methyl sites for hydroxylation is 1. The molecule has 0 amide bonds. The molecule has 0 aliphatic carbocycles. The second-order valence-electron chi connectivity index (χ2n) is 5.17. The van der Waals surface area contributed by atoms with E-state index in [9.17, 15) is 10.1 Å². The van der Waals surface area contributed by atoms with Gasteiger partial charge in [0.25, 0.3) is 5.69 Å². The van der Waals surface area contributed by atoms with Crippen LogP contribution in [0.5, 0.6) is 0 Å². The summed E-state index contributed by atoms with van der Waals surface area (Å²) in [5.74, 6) is 0. The summed E-state index contributed by atoms with van der Waals surface area (Å²) in [6.45, 7) is 9.08. The maximum absolute atomic E-state index is 11.1. The van der Waals surface area contributed by atoms with E-state index in [0.29, 0.717) is 11.7 Å². The van der Waals surface area contributed by atoms with E-state index in [1.54, 1.807) is 0 Å². The number of hydrogen-bond donors (Lipinski definition) is 0. The van der Waals surface area contributed by atoms with E-state index < -0.39 is 0 Å². The normalized spacial score (nSPS) is 18.0. The first-order valence-electron chi connectivity index (χ1n) is 6.51. The van der Waals surface area contributed by atoms with E-state index in [1.807, 2.05) is 19.9 Å². The minimum absolute atomic E-state index is 0.252. The molecule has 1 aliphatic heterocycles. The number of nitro groups is 1. The number of benzene rings is 1. The largest absolute Gasteiger partial charge is 0.368 e. The fourth-order valence-corrected chi connectivity index (χ4v) is 3.01. The number of fused-ring (bicyclic) bond motifs is 1. The molecule has 0 saturated carbocycles. The van der Waals surface area contributed by atoms with Crippen LogP contribution in [0.2, 0.25) is 0 Å². The first kappa shape index (κ1) is 12.9. The van der Waals surface area contributed by atoms with Gasteiger partial charge in [0.05, 0.1) is 4.92 Å². The van der Waals surface area contributed by atoms with Gasteiger partial charge in [-0.2, -0.15) is 0 Å². The van der Waals surface area contributed by atoms with Gasteiger partial charge in [-0.3, -0.25) is 10.1 Å². The zero-order valence-electron chi connectivity index (χ0n) is 11.5. The molecule has 4 nitrogen and oxygen atoms in total. The van der Waals surface area contributed by atoms with Crippen LogP contribution in [0.3, 0.4) is 0 Å². The Morgan fingerprint density at radius 2 is 2.17 bits per heavy atom. The summed E-state index contributed by atoms with van der Waals surface area (Å²) in [5.41, 5.74) is 4.27. The molecular formula is C14H20N2O2. The molecule has 18 heavy (non-hydrogen) atoms. The van der Waals surface area contributed by atoms with Crippen molar-refractivity contribution in [3.63, 3.8) is 0 Å². The van der Waals surface area contributed by atoms with Gasteiger partial charge >= 0.3 is 0 Å². The van der Waals surface area contributed by atoms with Gasteiger partial charge in [-0.15, -0.1) is 0 Å². The molecule has 0 N–H and O–H groups in total. The maximum Gasteiger partial charge on any atom is 0.275 e. The summed E-state index contributed by atoms with van der Waals surface area (Å²) in [6, 6.07) is 2.43. The molecule has 1 aromatic carbocycles. The SMILES string of the molecule is CCCN1c2cc(C)c([N+](=O)[O-])c(C)c2CC1C. The third-order valence-corrected chi connectivity index (χ3v) is 3.83. The van der Waals surface area contributed by atoms with Crippen LogP contribution in [0.15, 0.2) is 6.07 Å². The predicted octanol–water partition coefficient (Wildman–Crippen LogP) is 3.37. The molecule has 1 unspecified atom stereocenters. The average molecular weight is 248 g/mol. The van der Waals surface area contributed by atoms with E-state index in [2.05, 4.69) is 18.7 Å². The highest BCUT2D eigenvalue weighted by Gasteiger charge is 2.31. The lowest BCUT2D eigenvalue weighted by Crippen LogP contribution is -2.29. The Kier molecular flexibility index (Phi) is 3.28. The molecule has 0 spiro atoms. The minimum Gasteiger partial charge on any atom is -0.368 e. The van der Waals surface area contributed by atoms with Gasteiger partial charge in [0.15, 0.2) is 0 Å². The quantitative estimate of drug-likeness (QED) is 0.608. The van der Waals surface area contributed by atoms with E-state index >= 15 is 0 Å². The van der Waals surface area contributed by atoms with Crippen molar-refractivity contribution in [3.8, 4) is 0 Å². The zero-order valence-corrected chi connectivity index (χ0v) is 11.5. The van der Waals surface area contributed by atoms with Gasteiger partial charge in [-0.05, 0) is 45.2 Å². The molecule has 0 aromatic heterocycles. The molecule has 1 aliphatic rings. The average Bonchev–Trinajstić information content (AvgIpc) is 2.57. The molecule has 0 saturated heterocycles. The molecule has 1 aromatic rings. The Bertz CT molecular complexity index is 497. The van der Waals surface area contributed by atoms with E-state index in [1.165, 1.54) is 5.69 Å². The van der Waals surface area contributed by atoms with Crippen molar-refractivity contribution in [2.75, 3.05) is 11.4 Å². The molecule has 1 atom stereocenters. The number of anilines is 1. The highest BCUT2D eigenvalue weighted by molar-refractivity contribution is 5.69. The first-order valence-corrected chi connectivity index (χ1v) is 6.51. The van der Waals surface area contributed by atoms with Crippen molar-refractivity contribution >= 4 is 11.4 Å². The Labute approximate surface area is 108 Å². The minimum atomic E-state index is -0.252. The van der Waals surface area contributed by atoms with Crippen molar-refractivity contribution in [1.82, 2.24) is 0 Å². The number of hydrogen-bond acceptors (Lipinski definition) is 3. The summed E-state index contributed by atoms with van der Waals surface area (Å²) in [4.78, 5) is 13.2. The molecule has 0 bridgehead atoms. The Morgan fingerprint density at radius 3 is 2.72 bits per heavy atom. The lowest BCUT2D eigenvalue weighted by molar-refractivity contribution is -0.386. The van der Waals surface area contributed by atoms with Gasteiger partial charge in [0.2, 0.25) is 0 Å². The third kappa shape index (κ3) is 1.85. The highest BCUT2D eigenvalue weighted by Crippen LogP contribution is 2.40. The van der Waals surface area contributed by atoms with Gasteiger partial charge in [-0.1, -0.05) is 6.92 Å². The smallest absolute Gasteiger partial charge is 0.275 e. The molecular weight excluding hydrogens is 228 g/mol. The zero-order chi connectivity index (χ0) is 13.4. The first-order chi connectivity index (χ1) is 8.47. The van der Waals surface area contributed by atoms with Crippen molar-refractivity contribution in [1.29, 1.82) is 0 Å². The fraction of sp³-hybridized carbons (Fsp3) is 0.571. The number of nitro benzene ring substituents is 1. The Balaban J connectivity index is 2.56. The van der Waals surface area contributed by atoms with E-state index in [-0.39, 0.29) is 4.92 Å². The second kappa shape index (κ2) is 4.59. The Morgan fingerprint density at radius 1 is 1.50 bits per heavy atom. The summed E-state index contributed by atoms with van der Waals surface area (Å²) < 4.78 is 0. The summed E-state index contributed by atoms with van der Waals surface area (Å²) in [6.07, 6.45) is 2.02. The van der Waals surface area contributed by atoms with Crippen LogP contribution in [0.25, 0.3) is 0 Å². The molecule has 4 heteroatoms. The van der Waals surface area contributed by atoms with E-state index in [0.717, 1.165) is 36.1 Å². The molecule has 0 fully saturated rings. The highest BCUT2D eigenvalue weighted by atomic mass is 16.6. The molecule has 1 heterocycles. The van der Waals surface area contributed by atoms with Gasteiger partial charge in [-0.25, -0.2) is 0 Å². The van der Waals surface area contributed by atoms with Crippen molar-refractivity contribution < 1.29 is 4.92 Å². The third-order valence-electron chi connectivity index (χ3n) is 3.83. The monoisotopic (exact) mass is 248 g/mol. The molecule has 2 rings (SSSR count). The molecule has 0 radical (unpaired) electrons. The number of nitrogens with zero attached hydrogens (tertiary/aromatic N) is 2. The van der Waals surface area contributed by atoms with Crippen LogP contribution < -0.4 is 4.90 Å². The fourth-order valence-electron chi connectivity index (χ4n) is 3.01. The van der Waals surface area contributed by atoms with Crippen LogP contribution >= 0.6 is 0 Å². The topological polar surface area (TPSA) is 46.4 Å².